The highest BCUT2D eigenvalue weighted by Gasteiger charge is 2.22. The lowest BCUT2D eigenvalue weighted by atomic mass is 9.98. The number of nitrogens with zero attached hydrogens (tertiary/aromatic N) is 2. The van der Waals surface area contributed by atoms with Crippen LogP contribution < -0.4 is 5.32 Å². The van der Waals surface area contributed by atoms with Crippen LogP contribution >= 0.6 is 0 Å². The Kier molecular flexibility index (Phi) is 1.53. The van der Waals surface area contributed by atoms with Gasteiger partial charge >= 0.3 is 0 Å². The Balaban J connectivity index is 2.40. The van der Waals surface area contributed by atoms with Crippen molar-refractivity contribution in [2.24, 2.45) is 5.92 Å². The molecule has 1 aliphatic rings. The summed E-state index contributed by atoms with van der Waals surface area (Å²) in [6.07, 6.45) is 3.93. The summed E-state index contributed by atoms with van der Waals surface area (Å²) in [5.41, 5.74) is 1.02. The van der Waals surface area contributed by atoms with E-state index in [1.165, 1.54) is 6.33 Å². The van der Waals surface area contributed by atoms with Crippen LogP contribution in [0.25, 0.3) is 0 Å². The Morgan fingerprint density at radius 2 is 2.50 bits per heavy atom. The van der Waals surface area contributed by atoms with E-state index < -0.39 is 0 Å². The average Bonchev–Trinajstić information content (AvgIpc) is 2.07. The van der Waals surface area contributed by atoms with E-state index in [9.17, 15) is 4.79 Å². The summed E-state index contributed by atoms with van der Waals surface area (Å²) < 4.78 is 0. The summed E-state index contributed by atoms with van der Waals surface area (Å²) in [6, 6.07) is 0. The van der Waals surface area contributed by atoms with E-state index in [2.05, 4.69) is 15.3 Å². The standard InChI is InChI=1S/C8H9N3O/c1-5-2-6-3-9-4-10-7(6)11-8(5)12/h3-5H,2H2,1H3,(H,9,10,11,12). The third-order valence-electron chi connectivity index (χ3n) is 2.00. The van der Waals surface area contributed by atoms with E-state index in [-0.39, 0.29) is 11.8 Å². The zero-order valence-corrected chi connectivity index (χ0v) is 6.74. The maximum absolute atomic E-state index is 11.2. The molecule has 4 nitrogen and oxygen atoms in total. The third-order valence-corrected chi connectivity index (χ3v) is 2.00. The number of anilines is 1. The zero-order valence-electron chi connectivity index (χ0n) is 6.74. The molecule has 1 aromatic rings. The van der Waals surface area contributed by atoms with Crippen LogP contribution in [-0.2, 0) is 11.2 Å². The van der Waals surface area contributed by atoms with Crippen molar-refractivity contribution in [2.75, 3.05) is 5.32 Å². The van der Waals surface area contributed by atoms with Crippen LogP contribution in [0.3, 0.4) is 0 Å². The molecule has 1 N–H and O–H groups in total. The molecule has 0 saturated heterocycles. The summed E-state index contributed by atoms with van der Waals surface area (Å²) in [5.74, 6) is 0.734. The predicted molar refractivity (Wildman–Crippen MR) is 43.5 cm³/mol. The van der Waals surface area contributed by atoms with Crippen LogP contribution in [0.4, 0.5) is 5.82 Å². The molecule has 0 radical (unpaired) electrons. The van der Waals surface area contributed by atoms with Gasteiger partial charge in [-0.1, -0.05) is 6.92 Å². The molecular weight excluding hydrogens is 154 g/mol. The Bertz CT molecular complexity index is 324. The molecule has 0 bridgehead atoms. The van der Waals surface area contributed by atoms with E-state index in [0.29, 0.717) is 5.82 Å². The molecule has 12 heavy (non-hydrogen) atoms. The van der Waals surface area contributed by atoms with Gasteiger partial charge in [-0.05, 0) is 6.42 Å². The number of nitrogens with one attached hydrogen (secondary N) is 1. The largest absolute Gasteiger partial charge is 0.310 e. The highest BCUT2D eigenvalue weighted by Crippen LogP contribution is 2.21. The molecular formula is C8H9N3O. The van der Waals surface area contributed by atoms with Crippen LogP contribution in [0, 0.1) is 5.92 Å². The summed E-state index contributed by atoms with van der Waals surface area (Å²) in [7, 11) is 0. The number of fused-ring (bicyclic) bond motifs is 1. The zero-order chi connectivity index (χ0) is 8.55. The van der Waals surface area contributed by atoms with E-state index in [1.807, 2.05) is 6.92 Å². The second kappa shape index (κ2) is 2.55. The van der Waals surface area contributed by atoms with Crippen molar-refractivity contribution >= 4 is 11.7 Å². The number of carbonyl (C=O) groups excluding carboxylic acids is 1. The molecule has 4 heteroatoms. The van der Waals surface area contributed by atoms with Crippen LogP contribution in [0.2, 0.25) is 0 Å². The van der Waals surface area contributed by atoms with E-state index in [4.69, 9.17) is 0 Å². The molecule has 0 saturated carbocycles. The first-order chi connectivity index (χ1) is 5.77. The number of aromatic nitrogens is 2. The van der Waals surface area contributed by atoms with Gasteiger partial charge in [0.15, 0.2) is 0 Å². The molecule has 0 aromatic carbocycles. The fourth-order valence-corrected chi connectivity index (χ4v) is 1.28. The number of rotatable bonds is 0. The minimum absolute atomic E-state index is 0.0310. The fraction of sp³-hybridized carbons (Fsp3) is 0.375. The maximum Gasteiger partial charge on any atom is 0.228 e. The maximum atomic E-state index is 11.2. The summed E-state index contributed by atoms with van der Waals surface area (Å²) >= 11 is 0. The molecule has 1 aromatic heterocycles. The predicted octanol–water partition coefficient (Wildman–Crippen LogP) is 0.607. The number of amides is 1. The lowest BCUT2D eigenvalue weighted by molar-refractivity contribution is -0.119. The van der Waals surface area contributed by atoms with Gasteiger partial charge in [0.05, 0.1) is 0 Å². The summed E-state index contributed by atoms with van der Waals surface area (Å²) in [6.45, 7) is 1.89. The molecule has 2 heterocycles. The van der Waals surface area contributed by atoms with Gasteiger partial charge in [0.2, 0.25) is 5.91 Å². The topological polar surface area (TPSA) is 54.9 Å². The van der Waals surface area contributed by atoms with E-state index in [1.54, 1.807) is 6.20 Å². The first-order valence-electron chi connectivity index (χ1n) is 3.87. The minimum atomic E-state index is 0.0310. The monoisotopic (exact) mass is 163 g/mol. The van der Waals surface area contributed by atoms with E-state index in [0.717, 1.165) is 12.0 Å². The molecule has 1 unspecified atom stereocenters. The van der Waals surface area contributed by atoms with Crippen molar-refractivity contribution in [3.8, 4) is 0 Å². The van der Waals surface area contributed by atoms with Crippen molar-refractivity contribution in [3.63, 3.8) is 0 Å². The third kappa shape index (κ3) is 1.05. The fourth-order valence-electron chi connectivity index (χ4n) is 1.28. The molecule has 0 aliphatic carbocycles. The second-order valence-corrected chi connectivity index (χ2v) is 2.99. The average molecular weight is 163 g/mol. The van der Waals surface area contributed by atoms with Gasteiger partial charge in [0.25, 0.3) is 0 Å². The van der Waals surface area contributed by atoms with Gasteiger partial charge in [-0.25, -0.2) is 9.97 Å². The summed E-state index contributed by atoms with van der Waals surface area (Å²) in [5, 5.41) is 2.72. The molecule has 62 valence electrons. The second-order valence-electron chi connectivity index (χ2n) is 2.99. The molecule has 0 fully saturated rings. The van der Waals surface area contributed by atoms with Crippen molar-refractivity contribution in [3.05, 3.63) is 18.1 Å². The highest BCUT2D eigenvalue weighted by atomic mass is 16.2. The lowest BCUT2D eigenvalue weighted by Crippen LogP contribution is -2.28. The first-order valence-corrected chi connectivity index (χ1v) is 3.87. The van der Waals surface area contributed by atoms with Crippen molar-refractivity contribution in [2.45, 2.75) is 13.3 Å². The molecule has 0 spiro atoms. The molecule has 1 atom stereocenters. The molecule has 1 amide bonds. The van der Waals surface area contributed by atoms with Crippen LogP contribution in [0.1, 0.15) is 12.5 Å². The Labute approximate surface area is 70.0 Å². The number of hydrogen-bond acceptors (Lipinski definition) is 3. The molecule has 1 aliphatic heterocycles. The smallest absolute Gasteiger partial charge is 0.228 e. The van der Waals surface area contributed by atoms with Crippen molar-refractivity contribution in [1.82, 2.24) is 9.97 Å². The number of hydrogen-bond donors (Lipinski definition) is 1. The first kappa shape index (κ1) is 7.21. The van der Waals surface area contributed by atoms with Crippen LogP contribution in [0.5, 0.6) is 0 Å². The van der Waals surface area contributed by atoms with Crippen LogP contribution in [0.15, 0.2) is 12.5 Å². The van der Waals surface area contributed by atoms with Gasteiger partial charge in [0, 0.05) is 17.7 Å². The van der Waals surface area contributed by atoms with Gasteiger partial charge in [-0.3, -0.25) is 4.79 Å². The highest BCUT2D eigenvalue weighted by molar-refractivity contribution is 5.94. The van der Waals surface area contributed by atoms with Crippen LogP contribution in [-0.4, -0.2) is 15.9 Å². The number of carbonyl (C=O) groups is 1. The quantitative estimate of drug-likeness (QED) is 0.609. The lowest BCUT2D eigenvalue weighted by Gasteiger charge is -2.19. The van der Waals surface area contributed by atoms with Gasteiger partial charge < -0.3 is 5.32 Å². The van der Waals surface area contributed by atoms with Gasteiger partial charge in [-0.15, -0.1) is 0 Å². The molecule has 2 rings (SSSR count). The van der Waals surface area contributed by atoms with Gasteiger partial charge in [-0.2, -0.15) is 0 Å². The minimum Gasteiger partial charge on any atom is -0.310 e. The van der Waals surface area contributed by atoms with E-state index >= 15 is 0 Å². The van der Waals surface area contributed by atoms with Crippen molar-refractivity contribution < 1.29 is 4.79 Å². The normalized spacial score (nSPS) is 21.4. The van der Waals surface area contributed by atoms with Gasteiger partial charge in [0.1, 0.15) is 12.1 Å². The Hall–Kier alpha value is -1.45. The Morgan fingerprint density at radius 3 is 3.33 bits per heavy atom. The SMILES string of the molecule is CC1Cc2cncnc2NC1=O. The van der Waals surface area contributed by atoms with Crippen molar-refractivity contribution in [1.29, 1.82) is 0 Å². The Morgan fingerprint density at radius 1 is 1.67 bits per heavy atom. The summed E-state index contributed by atoms with van der Waals surface area (Å²) in [4.78, 5) is 19.0.